The Bertz CT molecular complexity index is 244. The molecule has 1 rings (SSSR count). The van der Waals surface area contributed by atoms with Crippen LogP contribution >= 0.6 is 0 Å². The molecule has 0 radical (unpaired) electrons. The maximum Gasteiger partial charge on any atom is 0.337 e. The molecule has 9 heavy (non-hydrogen) atoms. The van der Waals surface area contributed by atoms with Gasteiger partial charge in [0, 0.05) is 12.4 Å². The van der Waals surface area contributed by atoms with Gasteiger partial charge in [-0.15, -0.1) is 0 Å². The standard InChI is InChI=1S/C6H5NO2/c8-6(9)5-2-1-3-7-4-5/h1-4H,(H,8,9)/i3D. The summed E-state index contributed by atoms with van der Waals surface area (Å²) in [4.78, 5) is 13.7. The maximum absolute atomic E-state index is 10.2. The lowest BCUT2D eigenvalue weighted by Gasteiger charge is -1.87. The molecule has 0 fully saturated rings. The van der Waals surface area contributed by atoms with Crippen molar-refractivity contribution in [1.29, 1.82) is 0 Å². The molecule has 1 N–H and O–H groups in total. The Kier molecular flexibility index (Phi) is 1.13. The minimum Gasteiger partial charge on any atom is -0.478 e. The monoisotopic (exact) mass is 124 g/mol. The largest absolute Gasteiger partial charge is 0.478 e. The van der Waals surface area contributed by atoms with Gasteiger partial charge >= 0.3 is 5.97 Å². The summed E-state index contributed by atoms with van der Waals surface area (Å²) in [5.74, 6) is -1.02. The smallest absolute Gasteiger partial charge is 0.337 e. The molecular formula is C6H5NO2. The molecule has 46 valence electrons. The van der Waals surface area contributed by atoms with Crippen molar-refractivity contribution in [1.82, 2.24) is 4.98 Å². The Balaban J connectivity index is 3.00. The van der Waals surface area contributed by atoms with Gasteiger partial charge in [0.2, 0.25) is 0 Å². The van der Waals surface area contributed by atoms with E-state index < -0.39 is 5.97 Å². The molecule has 0 saturated carbocycles. The van der Waals surface area contributed by atoms with Gasteiger partial charge in [-0.05, 0) is 12.1 Å². The highest BCUT2D eigenvalue weighted by Gasteiger charge is 1.97. The van der Waals surface area contributed by atoms with E-state index in [1.807, 2.05) is 0 Å². The van der Waals surface area contributed by atoms with Gasteiger partial charge in [0.05, 0.1) is 6.93 Å². The lowest BCUT2D eigenvalue weighted by Crippen LogP contribution is -1.94. The van der Waals surface area contributed by atoms with E-state index in [1.54, 1.807) is 0 Å². The number of rotatable bonds is 1. The van der Waals surface area contributed by atoms with Crippen LogP contribution in [0.3, 0.4) is 0 Å². The van der Waals surface area contributed by atoms with Crippen LogP contribution in [-0.4, -0.2) is 16.1 Å². The number of aromatic carboxylic acids is 1. The van der Waals surface area contributed by atoms with Crippen LogP contribution in [0.25, 0.3) is 0 Å². The van der Waals surface area contributed by atoms with Gasteiger partial charge in [0.1, 0.15) is 0 Å². The third kappa shape index (κ3) is 1.25. The van der Waals surface area contributed by atoms with Crippen LogP contribution in [0.1, 0.15) is 11.7 Å². The molecule has 0 aliphatic heterocycles. The lowest BCUT2D eigenvalue weighted by molar-refractivity contribution is 0.0696. The minimum absolute atomic E-state index is 0.0741. The molecule has 1 aromatic heterocycles. The Morgan fingerprint density at radius 1 is 1.89 bits per heavy atom. The first-order valence-electron chi connectivity index (χ1n) is 2.86. The van der Waals surface area contributed by atoms with Gasteiger partial charge in [-0.2, -0.15) is 0 Å². The third-order valence-electron chi connectivity index (χ3n) is 0.863. The highest BCUT2D eigenvalue weighted by molar-refractivity contribution is 5.86. The second-order valence-corrected chi connectivity index (χ2v) is 1.48. The quantitative estimate of drug-likeness (QED) is 0.601. The maximum atomic E-state index is 10.2. The predicted octanol–water partition coefficient (Wildman–Crippen LogP) is 0.780. The van der Waals surface area contributed by atoms with Crippen LogP contribution in [-0.2, 0) is 0 Å². The topological polar surface area (TPSA) is 50.2 Å². The van der Waals surface area contributed by atoms with Gasteiger partial charge in [-0.3, -0.25) is 4.98 Å². The second kappa shape index (κ2) is 2.26. The molecule has 0 saturated heterocycles. The van der Waals surface area contributed by atoms with Gasteiger partial charge in [-0.25, -0.2) is 4.79 Å². The molecule has 0 aromatic carbocycles. The SMILES string of the molecule is [2H]c1ccc(C(=O)O)cn1. The fraction of sp³-hybridized carbons (Fsp3) is 0. The van der Waals surface area contributed by atoms with Gasteiger partial charge < -0.3 is 5.11 Å². The molecule has 3 nitrogen and oxygen atoms in total. The van der Waals surface area contributed by atoms with Crippen molar-refractivity contribution in [2.45, 2.75) is 0 Å². The van der Waals surface area contributed by atoms with Crippen LogP contribution in [0, 0.1) is 0 Å². The van der Waals surface area contributed by atoms with Gasteiger partial charge in [0.15, 0.2) is 0 Å². The number of pyridine rings is 1. The summed E-state index contributed by atoms with van der Waals surface area (Å²) in [6.07, 6.45) is 1.23. The Morgan fingerprint density at radius 2 is 2.67 bits per heavy atom. The fourth-order valence-corrected chi connectivity index (χ4v) is 0.446. The number of nitrogens with zero attached hydrogens (tertiary/aromatic N) is 1. The molecule has 0 amide bonds. The summed E-state index contributed by atoms with van der Waals surface area (Å²) in [7, 11) is 0. The molecule has 0 aliphatic rings. The van der Waals surface area contributed by atoms with Crippen molar-refractivity contribution in [3.8, 4) is 0 Å². The summed E-state index contributed by atoms with van der Waals surface area (Å²) in [6.45, 7) is 0. The Morgan fingerprint density at radius 3 is 3.11 bits per heavy atom. The van der Waals surface area contributed by atoms with Crippen LogP contribution in [0.4, 0.5) is 0 Å². The second-order valence-electron chi connectivity index (χ2n) is 1.48. The van der Waals surface area contributed by atoms with Crippen molar-refractivity contribution < 1.29 is 11.3 Å². The fourth-order valence-electron chi connectivity index (χ4n) is 0.446. The molecule has 0 unspecified atom stereocenters. The average Bonchev–Trinajstić information content (AvgIpc) is 1.88. The van der Waals surface area contributed by atoms with Crippen molar-refractivity contribution in [2.75, 3.05) is 0 Å². The van der Waals surface area contributed by atoms with Crippen molar-refractivity contribution in [3.05, 3.63) is 30.1 Å². The normalized spacial score (nSPS) is 10.4. The highest BCUT2D eigenvalue weighted by atomic mass is 16.4. The van der Waals surface area contributed by atoms with E-state index in [2.05, 4.69) is 4.98 Å². The predicted molar refractivity (Wildman–Crippen MR) is 31.2 cm³/mol. The van der Waals surface area contributed by atoms with Gasteiger partial charge in [-0.1, -0.05) is 0 Å². The molecule has 1 aromatic rings. The van der Waals surface area contributed by atoms with E-state index in [4.69, 9.17) is 6.48 Å². The minimum atomic E-state index is -1.02. The first kappa shape index (κ1) is 4.49. The number of aromatic nitrogens is 1. The number of hydrogen-bond acceptors (Lipinski definition) is 2. The van der Waals surface area contributed by atoms with Crippen LogP contribution < -0.4 is 0 Å². The average molecular weight is 124 g/mol. The summed E-state index contributed by atoms with van der Waals surface area (Å²) in [5, 5.41) is 8.37. The molecule has 0 aliphatic carbocycles. The summed E-state index contributed by atoms with van der Waals surface area (Å²) in [5.41, 5.74) is 0.107. The first-order chi connectivity index (χ1) is 4.70. The van der Waals surface area contributed by atoms with E-state index >= 15 is 0 Å². The molecule has 0 atom stereocenters. The number of carboxylic acids is 1. The first-order valence-corrected chi connectivity index (χ1v) is 2.36. The zero-order valence-corrected chi connectivity index (χ0v) is 4.53. The van der Waals surface area contributed by atoms with E-state index in [0.29, 0.717) is 0 Å². The Hall–Kier alpha value is -1.38. The van der Waals surface area contributed by atoms with Crippen molar-refractivity contribution in [3.63, 3.8) is 0 Å². The molecular weight excluding hydrogens is 118 g/mol. The lowest BCUT2D eigenvalue weighted by atomic mass is 10.3. The molecule has 0 bridgehead atoms. The molecule has 3 heteroatoms. The van der Waals surface area contributed by atoms with E-state index in [9.17, 15) is 4.79 Å². The summed E-state index contributed by atoms with van der Waals surface area (Å²) >= 11 is 0. The van der Waals surface area contributed by atoms with Crippen LogP contribution in [0.5, 0.6) is 0 Å². The zero-order valence-electron chi connectivity index (χ0n) is 5.53. The number of carboxylic acid groups (broad SMARTS) is 1. The van der Waals surface area contributed by atoms with E-state index in [1.165, 1.54) is 12.1 Å². The third-order valence-corrected chi connectivity index (χ3v) is 0.863. The van der Waals surface area contributed by atoms with Crippen molar-refractivity contribution in [2.24, 2.45) is 0 Å². The molecule has 0 spiro atoms. The highest BCUT2D eigenvalue weighted by Crippen LogP contribution is 1.92. The van der Waals surface area contributed by atoms with Crippen LogP contribution in [0.2, 0.25) is 0 Å². The van der Waals surface area contributed by atoms with Crippen LogP contribution in [0.15, 0.2) is 24.5 Å². The zero-order chi connectivity index (χ0) is 7.56. The number of hydrogen-bond donors (Lipinski definition) is 1. The van der Waals surface area contributed by atoms with Crippen molar-refractivity contribution >= 4 is 5.97 Å². The summed E-state index contributed by atoms with van der Waals surface area (Å²) < 4.78 is 6.93. The molecule has 1 heterocycles. The summed E-state index contributed by atoms with van der Waals surface area (Å²) in [6, 6.07) is 2.68. The number of carbonyl (C=O) groups is 1. The van der Waals surface area contributed by atoms with E-state index in [0.717, 1.165) is 6.20 Å². The Labute approximate surface area is 53.4 Å². The van der Waals surface area contributed by atoms with Gasteiger partial charge in [0.25, 0.3) is 0 Å². The van der Waals surface area contributed by atoms with E-state index in [-0.39, 0.29) is 11.7 Å².